The molecule has 0 saturated heterocycles. The van der Waals surface area contributed by atoms with Crippen molar-refractivity contribution in [3.63, 3.8) is 0 Å². The molecule has 0 aliphatic carbocycles. The van der Waals surface area contributed by atoms with Crippen LogP contribution in [0.25, 0.3) is 96.8 Å². The highest BCUT2D eigenvalue weighted by molar-refractivity contribution is 7.22. The number of aromatic nitrogens is 2. The standard InChI is InChI=1S/C48H27N4S/c1-2-13-29-25-30(22-21-27(29)11-1)43-47-44(34-17-7-10-20-40(34)53-47)50-48(49-43)52-37-18-8-5-15-32(37)35-26-36-41-31-14-4-3-12-28(31)23-24-39(41)51-38-19-9-6-16-33(38)42(45(35)52)46(36)51/h1-26,48H/q-1. The Morgan fingerprint density at radius 3 is 2.08 bits per heavy atom. The van der Waals surface area contributed by atoms with Crippen LogP contribution in [0.5, 0.6) is 0 Å². The fourth-order valence-electron chi connectivity index (χ4n) is 9.34. The second-order valence-corrected chi connectivity index (χ2v) is 15.3. The lowest BCUT2D eigenvalue weighted by Crippen LogP contribution is -2.14. The molecular weight excluding hydrogens is 665 g/mol. The van der Waals surface area contributed by atoms with Gasteiger partial charge >= 0.3 is 0 Å². The second-order valence-electron chi connectivity index (χ2n) is 14.3. The van der Waals surface area contributed by atoms with Gasteiger partial charge in [0, 0.05) is 53.0 Å². The van der Waals surface area contributed by atoms with Gasteiger partial charge in [-0.2, -0.15) is 0 Å². The molecule has 8 aromatic carbocycles. The molecule has 0 bridgehead atoms. The summed E-state index contributed by atoms with van der Waals surface area (Å²) in [4.78, 5) is 6.79. The van der Waals surface area contributed by atoms with Crippen LogP contribution in [-0.4, -0.2) is 14.7 Å². The maximum Gasteiger partial charge on any atom is 0.0813 e. The molecule has 53 heavy (non-hydrogen) atoms. The highest BCUT2D eigenvalue weighted by Gasteiger charge is 2.27. The largest absolute Gasteiger partial charge is 0.644 e. The molecule has 12 aromatic rings. The molecule has 1 atom stereocenters. The second kappa shape index (κ2) is 10.0. The van der Waals surface area contributed by atoms with Gasteiger partial charge in [-0.25, -0.2) is 0 Å². The van der Waals surface area contributed by atoms with E-state index in [0.717, 1.165) is 27.4 Å². The molecule has 0 N–H and O–H groups in total. The SMILES string of the molecule is c1ccc2cc(C3=NC(n4c5ccccc5c5cc6c7c8ccccc8ccc7n7c8ccccc8c(c54)c67)[N-]c4c3sc3ccccc43)ccc2c1. The smallest absolute Gasteiger partial charge is 0.0813 e. The Morgan fingerprint density at radius 1 is 0.491 bits per heavy atom. The van der Waals surface area contributed by atoms with Crippen LogP contribution in [0.4, 0.5) is 5.69 Å². The summed E-state index contributed by atoms with van der Waals surface area (Å²) in [6, 6.07) is 57.5. The zero-order valence-electron chi connectivity index (χ0n) is 28.3. The summed E-state index contributed by atoms with van der Waals surface area (Å²) >= 11 is 1.79. The fraction of sp³-hybridized carbons (Fsp3) is 0.0208. The molecule has 1 aliphatic heterocycles. The van der Waals surface area contributed by atoms with E-state index in [1.807, 2.05) is 0 Å². The molecule has 0 radical (unpaired) electrons. The number of benzene rings is 8. The van der Waals surface area contributed by atoms with Crippen molar-refractivity contribution in [1.82, 2.24) is 8.97 Å². The van der Waals surface area contributed by atoms with Gasteiger partial charge in [-0.3, -0.25) is 4.99 Å². The summed E-state index contributed by atoms with van der Waals surface area (Å²) in [5.41, 5.74) is 9.16. The summed E-state index contributed by atoms with van der Waals surface area (Å²) < 4.78 is 6.15. The molecule has 0 saturated carbocycles. The van der Waals surface area contributed by atoms with Crippen molar-refractivity contribution in [2.45, 2.75) is 6.29 Å². The number of hydrogen-bond acceptors (Lipinski definition) is 2. The number of hydrogen-bond donors (Lipinski definition) is 0. The zero-order valence-corrected chi connectivity index (χ0v) is 29.1. The van der Waals surface area contributed by atoms with E-state index < -0.39 is 6.29 Å². The van der Waals surface area contributed by atoms with E-state index in [1.165, 1.54) is 86.0 Å². The van der Waals surface area contributed by atoms with E-state index in [4.69, 9.17) is 10.3 Å². The van der Waals surface area contributed by atoms with Crippen LogP contribution >= 0.6 is 11.3 Å². The van der Waals surface area contributed by atoms with Crippen LogP contribution in [0.3, 0.4) is 0 Å². The van der Waals surface area contributed by atoms with Crippen LogP contribution < -0.4 is 0 Å². The molecule has 0 spiro atoms. The molecule has 4 aromatic heterocycles. The normalized spacial score (nSPS) is 14.9. The minimum atomic E-state index is -0.510. The molecular formula is C48H27N4S-. The lowest BCUT2D eigenvalue weighted by Gasteiger charge is -2.38. The minimum Gasteiger partial charge on any atom is -0.644 e. The number of fused-ring (bicyclic) bond motifs is 16. The number of aliphatic imine (C=N–C) groups is 1. The highest BCUT2D eigenvalue weighted by Crippen LogP contribution is 2.52. The molecule has 246 valence electrons. The van der Waals surface area contributed by atoms with E-state index in [2.05, 4.69) is 167 Å². The topological polar surface area (TPSA) is 35.8 Å². The predicted molar refractivity (Wildman–Crippen MR) is 225 cm³/mol. The van der Waals surface area contributed by atoms with Crippen LogP contribution in [0, 0.1) is 0 Å². The van der Waals surface area contributed by atoms with Crippen molar-refractivity contribution in [3.05, 3.63) is 173 Å². The first kappa shape index (κ1) is 28.0. The third-order valence-electron chi connectivity index (χ3n) is 11.5. The summed E-state index contributed by atoms with van der Waals surface area (Å²) in [6.07, 6.45) is -0.510. The monoisotopic (exact) mass is 691 g/mol. The molecule has 5 heterocycles. The van der Waals surface area contributed by atoms with E-state index in [0.29, 0.717) is 0 Å². The van der Waals surface area contributed by atoms with Crippen molar-refractivity contribution in [1.29, 1.82) is 0 Å². The first-order valence-corrected chi connectivity index (χ1v) is 18.9. The van der Waals surface area contributed by atoms with Crippen molar-refractivity contribution in [3.8, 4) is 0 Å². The molecule has 1 unspecified atom stereocenters. The Morgan fingerprint density at radius 2 is 1.19 bits per heavy atom. The quantitative estimate of drug-likeness (QED) is 0.173. The zero-order chi connectivity index (χ0) is 34.4. The van der Waals surface area contributed by atoms with Crippen molar-refractivity contribution in [2.75, 3.05) is 0 Å². The van der Waals surface area contributed by atoms with Crippen molar-refractivity contribution in [2.24, 2.45) is 4.99 Å². The van der Waals surface area contributed by atoms with E-state index in [9.17, 15) is 0 Å². The lowest BCUT2D eigenvalue weighted by atomic mass is 10.00. The predicted octanol–water partition coefficient (Wildman–Crippen LogP) is 13.5. The number of rotatable bonds is 2. The Bertz CT molecular complexity index is 3560. The fourth-order valence-corrected chi connectivity index (χ4v) is 10.5. The van der Waals surface area contributed by atoms with Gasteiger partial charge in [0.05, 0.1) is 34.1 Å². The summed E-state index contributed by atoms with van der Waals surface area (Å²) in [7, 11) is 0. The molecule has 5 heteroatoms. The van der Waals surface area contributed by atoms with Crippen molar-refractivity contribution < 1.29 is 0 Å². The third kappa shape index (κ3) is 3.57. The Kier molecular flexibility index (Phi) is 5.28. The van der Waals surface area contributed by atoms with Gasteiger partial charge in [-0.05, 0) is 63.3 Å². The Labute approximate surface area is 306 Å². The molecule has 1 aliphatic rings. The van der Waals surface area contributed by atoms with Crippen LogP contribution in [-0.2, 0) is 0 Å². The first-order chi connectivity index (χ1) is 26.3. The summed E-state index contributed by atoms with van der Waals surface area (Å²) in [6.45, 7) is 0. The average molecular weight is 692 g/mol. The lowest BCUT2D eigenvalue weighted by molar-refractivity contribution is 0.658. The molecule has 0 amide bonds. The minimum absolute atomic E-state index is 0.510. The Balaban J connectivity index is 1.19. The maximum atomic E-state index is 5.67. The van der Waals surface area contributed by atoms with E-state index >= 15 is 0 Å². The Hall–Kier alpha value is -6.69. The number of nitrogens with zero attached hydrogens (tertiary/aromatic N) is 4. The first-order valence-electron chi connectivity index (χ1n) is 18.1. The maximum absolute atomic E-state index is 5.67. The van der Waals surface area contributed by atoms with Crippen LogP contribution in [0.2, 0.25) is 0 Å². The van der Waals surface area contributed by atoms with E-state index in [-0.39, 0.29) is 0 Å². The van der Waals surface area contributed by atoms with Gasteiger partial charge in [0.15, 0.2) is 0 Å². The van der Waals surface area contributed by atoms with Crippen LogP contribution in [0.15, 0.2) is 163 Å². The van der Waals surface area contributed by atoms with Gasteiger partial charge in [0.2, 0.25) is 0 Å². The van der Waals surface area contributed by atoms with Gasteiger partial charge in [0.1, 0.15) is 0 Å². The molecule has 4 nitrogen and oxygen atoms in total. The van der Waals surface area contributed by atoms with Crippen LogP contribution in [0.1, 0.15) is 16.7 Å². The number of para-hydroxylation sites is 2. The third-order valence-corrected chi connectivity index (χ3v) is 12.7. The molecule has 13 rings (SSSR count). The molecule has 0 fully saturated rings. The van der Waals surface area contributed by atoms with Gasteiger partial charge in [0.25, 0.3) is 0 Å². The summed E-state index contributed by atoms with van der Waals surface area (Å²) in [5.74, 6) is 0. The van der Waals surface area contributed by atoms with Gasteiger partial charge < -0.3 is 14.3 Å². The number of thiophene rings is 1. The summed E-state index contributed by atoms with van der Waals surface area (Å²) in [5, 5.41) is 19.3. The average Bonchev–Trinajstić information content (AvgIpc) is 3.95. The van der Waals surface area contributed by atoms with Gasteiger partial charge in [-0.15, -0.1) is 17.0 Å². The van der Waals surface area contributed by atoms with E-state index in [1.54, 1.807) is 11.3 Å². The highest BCUT2D eigenvalue weighted by atomic mass is 32.1. The van der Waals surface area contributed by atoms with Crippen molar-refractivity contribution >= 4 is 114 Å². The van der Waals surface area contributed by atoms with Gasteiger partial charge in [-0.1, -0.05) is 121 Å².